The molecule has 22 heavy (non-hydrogen) atoms. The van der Waals surface area contributed by atoms with Crippen LogP contribution in [0.25, 0.3) is 11.4 Å². The molecule has 0 N–H and O–H groups in total. The Morgan fingerprint density at radius 3 is 2.68 bits per heavy atom. The Morgan fingerprint density at radius 2 is 1.86 bits per heavy atom. The third-order valence-corrected chi connectivity index (χ3v) is 4.52. The van der Waals surface area contributed by atoms with E-state index in [0.717, 1.165) is 16.7 Å². The summed E-state index contributed by atoms with van der Waals surface area (Å²) in [6.45, 7) is 0.586. The standard InChI is InChI=1S/C15H12FN5S/c16-13-4-2-1-3-12(13)14-18-19-15-21(14)9-20(10-22-15)11-5-7-17-8-6-11/h1-8H,9-10H2. The lowest BCUT2D eigenvalue weighted by molar-refractivity contribution is 0.598. The van der Waals surface area contributed by atoms with Crippen LogP contribution >= 0.6 is 11.8 Å². The Kier molecular flexibility index (Phi) is 3.27. The summed E-state index contributed by atoms with van der Waals surface area (Å²) in [4.78, 5) is 6.21. The second kappa shape index (κ2) is 5.42. The van der Waals surface area contributed by atoms with Crippen molar-refractivity contribution in [2.24, 2.45) is 0 Å². The quantitative estimate of drug-likeness (QED) is 0.728. The van der Waals surface area contributed by atoms with Gasteiger partial charge in [-0.1, -0.05) is 23.9 Å². The lowest BCUT2D eigenvalue weighted by Gasteiger charge is -2.29. The van der Waals surface area contributed by atoms with Crippen molar-refractivity contribution in [2.45, 2.75) is 11.8 Å². The molecule has 0 spiro atoms. The monoisotopic (exact) mass is 313 g/mol. The predicted molar refractivity (Wildman–Crippen MR) is 82.9 cm³/mol. The van der Waals surface area contributed by atoms with Crippen molar-refractivity contribution in [1.82, 2.24) is 19.7 Å². The molecule has 0 radical (unpaired) electrons. The van der Waals surface area contributed by atoms with Gasteiger partial charge in [0.1, 0.15) is 5.82 Å². The zero-order chi connectivity index (χ0) is 14.9. The van der Waals surface area contributed by atoms with Gasteiger partial charge in [-0.25, -0.2) is 4.39 Å². The van der Waals surface area contributed by atoms with Crippen LogP contribution in [0.5, 0.6) is 0 Å². The minimum Gasteiger partial charge on any atom is -0.343 e. The molecule has 0 unspecified atom stereocenters. The minimum atomic E-state index is -0.288. The number of nitrogens with zero attached hydrogens (tertiary/aromatic N) is 5. The van der Waals surface area contributed by atoms with Crippen LogP contribution < -0.4 is 4.90 Å². The Labute approximate surface area is 130 Å². The normalized spacial score (nSPS) is 14.0. The molecule has 0 fully saturated rings. The number of rotatable bonds is 2. The van der Waals surface area contributed by atoms with Gasteiger partial charge < -0.3 is 4.90 Å². The maximum absolute atomic E-state index is 14.0. The third-order valence-electron chi connectivity index (χ3n) is 3.52. The number of pyridine rings is 1. The fraction of sp³-hybridized carbons (Fsp3) is 0.133. The van der Waals surface area contributed by atoms with Gasteiger partial charge in [0.2, 0.25) is 0 Å². The molecule has 0 saturated carbocycles. The molecular formula is C15H12FN5S. The first kappa shape index (κ1) is 13.3. The van der Waals surface area contributed by atoms with E-state index in [4.69, 9.17) is 0 Å². The van der Waals surface area contributed by atoms with Crippen LogP contribution in [0.4, 0.5) is 10.1 Å². The van der Waals surface area contributed by atoms with Gasteiger partial charge in [0.15, 0.2) is 11.0 Å². The molecule has 0 atom stereocenters. The Balaban J connectivity index is 1.73. The van der Waals surface area contributed by atoms with E-state index < -0.39 is 0 Å². The molecule has 1 aliphatic heterocycles. The van der Waals surface area contributed by atoms with Crippen molar-refractivity contribution >= 4 is 17.4 Å². The third kappa shape index (κ3) is 2.23. The van der Waals surface area contributed by atoms with Gasteiger partial charge >= 0.3 is 0 Å². The van der Waals surface area contributed by atoms with Crippen LogP contribution in [-0.4, -0.2) is 25.6 Å². The largest absolute Gasteiger partial charge is 0.343 e. The van der Waals surface area contributed by atoms with Crippen LogP contribution in [0.1, 0.15) is 0 Å². The van der Waals surface area contributed by atoms with E-state index in [2.05, 4.69) is 20.1 Å². The minimum absolute atomic E-state index is 0.288. The molecule has 0 bridgehead atoms. The molecule has 5 nitrogen and oxygen atoms in total. The highest BCUT2D eigenvalue weighted by Gasteiger charge is 2.23. The molecule has 3 heterocycles. The lowest BCUT2D eigenvalue weighted by atomic mass is 10.2. The van der Waals surface area contributed by atoms with Crippen molar-refractivity contribution in [2.75, 3.05) is 10.8 Å². The average Bonchev–Trinajstić information content (AvgIpc) is 2.99. The summed E-state index contributed by atoms with van der Waals surface area (Å²) >= 11 is 1.59. The Hall–Kier alpha value is -2.41. The lowest BCUT2D eigenvalue weighted by Crippen LogP contribution is -2.30. The van der Waals surface area contributed by atoms with E-state index in [9.17, 15) is 4.39 Å². The predicted octanol–water partition coefficient (Wildman–Crippen LogP) is 3.01. The molecule has 1 aliphatic rings. The topological polar surface area (TPSA) is 46.8 Å². The average molecular weight is 313 g/mol. The summed E-state index contributed by atoms with van der Waals surface area (Å²) in [5, 5.41) is 9.15. The summed E-state index contributed by atoms with van der Waals surface area (Å²) < 4.78 is 16.0. The highest BCUT2D eigenvalue weighted by molar-refractivity contribution is 7.99. The highest BCUT2D eigenvalue weighted by Crippen LogP contribution is 2.31. The van der Waals surface area contributed by atoms with E-state index in [1.807, 2.05) is 16.7 Å². The van der Waals surface area contributed by atoms with E-state index in [1.165, 1.54) is 6.07 Å². The van der Waals surface area contributed by atoms with Crippen LogP contribution in [0.15, 0.2) is 53.9 Å². The first-order chi connectivity index (χ1) is 10.8. The first-order valence-electron chi connectivity index (χ1n) is 6.79. The van der Waals surface area contributed by atoms with Crippen molar-refractivity contribution in [3.05, 3.63) is 54.6 Å². The van der Waals surface area contributed by atoms with Crippen molar-refractivity contribution < 1.29 is 4.39 Å². The maximum Gasteiger partial charge on any atom is 0.194 e. The molecule has 3 aromatic rings. The van der Waals surface area contributed by atoms with Crippen LogP contribution in [0.2, 0.25) is 0 Å². The molecule has 0 saturated heterocycles. The molecule has 4 rings (SSSR count). The van der Waals surface area contributed by atoms with Gasteiger partial charge in [0.05, 0.1) is 18.1 Å². The number of aromatic nitrogens is 4. The van der Waals surface area contributed by atoms with Crippen LogP contribution in [0.3, 0.4) is 0 Å². The smallest absolute Gasteiger partial charge is 0.194 e. The van der Waals surface area contributed by atoms with E-state index in [0.29, 0.717) is 18.1 Å². The zero-order valence-electron chi connectivity index (χ0n) is 11.6. The van der Waals surface area contributed by atoms with Crippen molar-refractivity contribution in [3.63, 3.8) is 0 Å². The van der Waals surface area contributed by atoms with Gasteiger partial charge in [0, 0.05) is 18.1 Å². The second-order valence-electron chi connectivity index (χ2n) is 4.87. The summed E-state index contributed by atoms with van der Waals surface area (Å²) in [6.07, 6.45) is 3.53. The van der Waals surface area contributed by atoms with Gasteiger partial charge in [-0.3, -0.25) is 9.55 Å². The van der Waals surface area contributed by atoms with Crippen LogP contribution in [-0.2, 0) is 6.67 Å². The molecule has 7 heteroatoms. The number of hydrogen-bond acceptors (Lipinski definition) is 5. The summed E-state index contributed by atoms with van der Waals surface area (Å²) in [6, 6.07) is 10.6. The number of thioether (sulfide) groups is 1. The fourth-order valence-corrected chi connectivity index (χ4v) is 3.32. The Bertz CT molecular complexity index is 805. The number of fused-ring (bicyclic) bond motifs is 1. The second-order valence-corrected chi connectivity index (χ2v) is 5.79. The van der Waals surface area contributed by atoms with Crippen molar-refractivity contribution in [1.29, 1.82) is 0 Å². The van der Waals surface area contributed by atoms with Gasteiger partial charge in [0.25, 0.3) is 0 Å². The first-order valence-corrected chi connectivity index (χ1v) is 7.77. The van der Waals surface area contributed by atoms with E-state index >= 15 is 0 Å². The number of benzene rings is 1. The zero-order valence-corrected chi connectivity index (χ0v) is 12.4. The number of anilines is 1. The summed E-state index contributed by atoms with van der Waals surface area (Å²) in [7, 11) is 0. The Morgan fingerprint density at radius 1 is 1.05 bits per heavy atom. The van der Waals surface area contributed by atoms with Gasteiger partial charge in [-0.15, -0.1) is 10.2 Å². The van der Waals surface area contributed by atoms with Gasteiger partial charge in [-0.05, 0) is 24.3 Å². The van der Waals surface area contributed by atoms with E-state index in [1.54, 1.807) is 42.4 Å². The van der Waals surface area contributed by atoms with Crippen LogP contribution in [0, 0.1) is 5.82 Å². The number of halogens is 1. The maximum atomic E-state index is 14.0. The SMILES string of the molecule is Fc1ccccc1-c1nnc2n1CN(c1ccncc1)CS2. The molecule has 0 aliphatic carbocycles. The molecule has 2 aromatic heterocycles. The van der Waals surface area contributed by atoms with Crippen molar-refractivity contribution in [3.8, 4) is 11.4 Å². The molecule has 0 amide bonds. The summed E-state index contributed by atoms with van der Waals surface area (Å²) in [5.74, 6) is 1.04. The van der Waals surface area contributed by atoms with Gasteiger partial charge in [-0.2, -0.15) is 0 Å². The molecule has 110 valence electrons. The van der Waals surface area contributed by atoms with E-state index in [-0.39, 0.29) is 5.82 Å². The highest BCUT2D eigenvalue weighted by atomic mass is 32.2. The fourth-order valence-electron chi connectivity index (χ4n) is 2.42. The molecule has 1 aromatic carbocycles. The molecular weight excluding hydrogens is 301 g/mol. The summed E-state index contributed by atoms with van der Waals surface area (Å²) in [5.41, 5.74) is 1.54. The number of hydrogen-bond donors (Lipinski definition) is 0.